The van der Waals surface area contributed by atoms with Crippen LogP contribution in [0.1, 0.15) is 30.3 Å². The molecule has 8 heteroatoms. The fourth-order valence-corrected chi connectivity index (χ4v) is 2.84. The zero-order valence-corrected chi connectivity index (χ0v) is 16.2. The predicted molar refractivity (Wildman–Crippen MR) is 103 cm³/mol. The summed E-state index contributed by atoms with van der Waals surface area (Å²) in [7, 11) is 1.37. The smallest absolute Gasteiger partial charge is 0.354 e. The van der Waals surface area contributed by atoms with Crippen LogP contribution in [0, 0.1) is 35.3 Å². The largest absolute Gasteiger partial charge is 0.496 e. The molecule has 0 saturated heterocycles. The lowest BCUT2D eigenvalue weighted by Crippen LogP contribution is -2.11. The zero-order valence-electron chi connectivity index (χ0n) is 16.2. The summed E-state index contributed by atoms with van der Waals surface area (Å²) >= 11 is 0. The second-order valence-electron chi connectivity index (χ2n) is 6.13. The zero-order chi connectivity index (χ0) is 20.8. The molecule has 0 amide bonds. The molecule has 0 saturated carbocycles. The highest BCUT2D eigenvalue weighted by Crippen LogP contribution is 2.31. The lowest BCUT2D eigenvalue weighted by molar-refractivity contribution is -0.385. The monoisotopic (exact) mass is 383 g/mol. The number of carbonyl (C=O) groups is 1. The number of rotatable bonds is 7. The molecule has 0 aliphatic heterocycles. The van der Waals surface area contributed by atoms with Gasteiger partial charge in [0.15, 0.2) is 0 Å². The molecule has 2 aromatic rings. The molecular formula is C20H21N3O5. The molecule has 0 unspecified atom stereocenters. The van der Waals surface area contributed by atoms with Crippen molar-refractivity contribution in [3.63, 3.8) is 0 Å². The van der Waals surface area contributed by atoms with E-state index in [1.165, 1.54) is 25.3 Å². The molecule has 1 aromatic carbocycles. The minimum atomic E-state index is -0.962. The first-order valence-corrected chi connectivity index (χ1v) is 8.65. The van der Waals surface area contributed by atoms with Crippen LogP contribution in [0.3, 0.4) is 0 Å². The van der Waals surface area contributed by atoms with Crippen molar-refractivity contribution in [2.45, 2.75) is 33.7 Å². The summed E-state index contributed by atoms with van der Waals surface area (Å²) in [6.07, 6.45) is 2.39. The van der Waals surface area contributed by atoms with E-state index in [4.69, 9.17) is 9.47 Å². The molecule has 1 aromatic heterocycles. The maximum Gasteiger partial charge on any atom is 0.354 e. The van der Waals surface area contributed by atoms with Crippen LogP contribution in [0.2, 0.25) is 0 Å². The molecule has 0 fully saturated rings. The molecule has 0 aliphatic rings. The van der Waals surface area contributed by atoms with Crippen molar-refractivity contribution < 1.29 is 19.2 Å². The lowest BCUT2D eigenvalue weighted by atomic mass is 10.1. The first kappa shape index (κ1) is 20.7. The summed E-state index contributed by atoms with van der Waals surface area (Å²) in [6, 6.07) is 7.54. The number of hydrogen-bond acceptors (Lipinski definition) is 6. The van der Waals surface area contributed by atoms with E-state index < -0.39 is 16.6 Å². The van der Waals surface area contributed by atoms with Gasteiger partial charge in [-0.1, -0.05) is 6.92 Å². The Labute approximate surface area is 162 Å². The van der Waals surface area contributed by atoms with Crippen molar-refractivity contribution in [2.75, 3.05) is 7.11 Å². The number of nitriles is 1. The average molecular weight is 383 g/mol. The fourth-order valence-electron chi connectivity index (χ4n) is 2.84. The number of aromatic nitrogens is 1. The highest BCUT2D eigenvalue weighted by molar-refractivity contribution is 5.99. The third-order valence-corrected chi connectivity index (χ3v) is 4.27. The van der Waals surface area contributed by atoms with Crippen molar-refractivity contribution in [1.82, 2.24) is 4.57 Å². The van der Waals surface area contributed by atoms with Gasteiger partial charge in [-0.05, 0) is 50.1 Å². The Hall–Kier alpha value is -3.60. The van der Waals surface area contributed by atoms with E-state index in [0.29, 0.717) is 0 Å². The number of methoxy groups -OCH3 is 1. The highest BCUT2D eigenvalue weighted by atomic mass is 16.6. The van der Waals surface area contributed by atoms with E-state index >= 15 is 0 Å². The number of nitro groups is 1. The molecule has 28 heavy (non-hydrogen) atoms. The standard InChI is InChI=1S/C20H21N3O5/c1-5-8-22-13(2)9-15(14(22)3)10-16(12-21)20(24)28-19-7-6-17(27-4)11-18(19)23(25)26/h6-7,9-11H,5,8H2,1-4H3/b16-10-. The normalized spacial score (nSPS) is 11.0. The minimum Gasteiger partial charge on any atom is -0.496 e. The van der Waals surface area contributed by atoms with E-state index in [1.54, 1.807) is 0 Å². The molecule has 8 nitrogen and oxygen atoms in total. The predicted octanol–water partition coefficient (Wildman–Crippen LogP) is 3.94. The quantitative estimate of drug-likeness (QED) is 0.179. The van der Waals surface area contributed by atoms with Gasteiger partial charge >= 0.3 is 11.7 Å². The second-order valence-corrected chi connectivity index (χ2v) is 6.13. The first-order chi connectivity index (χ1) is 13.3. The van der Waals surface area contributed by atoms with Crippen molar-refractivity contribution in [2.24, 2.45) is 0 Å². The summed E-state index contributed by atoms with van der Waals surface area (Å²) in [5.41, 5.74) is 1.99. The van der Waals surface area contributed by atoms with Crippen LogP contribution in [0.15, 0.2) is 29.8 Å². The topological polar surface area (TPSA) is 107 Å². The van der Waals surface area contributed by atoms with Crippen LogP contribution in [0.25, 0.3) is 6.08 Å². The van der Waals surface area contributed by atoms with Gasteiger partial charge in [0, 0.05) is 17.9 Å². The van der Waals surface area contributed by atoms with Crippen LogP contribution >= 0.6 is 0 Å². The van der Waals surface area contributed by atoms with Gasteiger partial charge in [-0.3, -0.25) is 10.1 Å². The summed E-state index contributed by atoms with van der Waals surface area (Å²) in [5, 5.41) is 20.6. The number of ether oxygens (including phenoxy) is 2. The van der Waals surface area contributed by atoms with Crippen LogP contribution in [0.4, 0.5) is 5.69 Å². The van der Waals surface area contributed by atoms with Crippen LogP contribution in [-0.2, 0) is 11.3 Å². The van der Waals surface area contributed by atoms with E-state index in [0.717, 1.165) is 36.0 Å². The Morgan fingerprint density at radius 3 is 2.64 bits per heavy atom. The van der Waals surface area contributed by atoms with Gasteiger partial charge in [0.05, 0.1) is 18.1 Å². The number of nitro benzene ring substituents is 1. The fraction of sp³-hybridized carbons (Fsp3) is 0.300. The van der Waals surface area contributed by atoms with E-state index in [2.05, 4.69) is 11.5 Å². The number of nitrogens with zero attached hydrogens (tertiary/aromatic N) is 3. The van der Waals surface area contributed by atoms with Gasteiger partial charge in [0.25, 0.3) is 0 Å². The summed E-state index contributed by atoms with van der Waals surface area (Å²) in [4.78, 5) is 23.0. The lowest BCUT2D eigenvalue weighted by Gasteiger charge is -2.07. The molecule has 146 valence electrons. The number of benzene rings is 1. The SMILES string of the molecule is CCCn1c(C)cc(/C=C(/C#N)C(=O)Oc2ccc(OC)cc2[N+](=O)[O-])c1C. The molecule has 0 bridgehead atoms. The maximum absolute atomic E-state index is 12.4. The molecule has 1 heterocycles. The number of aryl methyl sites for hydroxylation is 1. The molecule has 0 atom stereocenters. The van der Waals surface area contributed by atoms with Gasteiger partial charge in [-0.25, -0.2) is 4.79 Å². The molecular weight excluding hydrogens is 362 g/mol. The van der Waals surface area contributed by atoms with Gasteiger partial charge in [0.2, 0.25) is 5.75 Å². The van der Waals surface area contributed by atoms with Gasteiger partial charge in [-0.15, -0.1) is 0 Å². The molecule has 0 N–H and O–H groups in total. The van der Waals surface area contributed by atoms with E-state index in [9.17, 15) is 20.2 Å². The Morgan fingerprint density at radius 1 is 1.36 bits per heavy atom. The van der Waals surface area contributed by atoms with Crippen LogP contribution < -0.4 is 9.47 Å². The second kappa shape index (κ2) is 8.86. The van der Waals surface area contributed by atoms with Crippen molar-refractivity contribution in [3.05, 3.63) is 56.9 Å². The molecule has 0 spiro atoms. The molecule has 0 aliphatic carbocycles. The summed E-state index contributed by atoms with van der Waals surface area (Å²) in [5.74, 6) is -0.963. The highest BCUT2D eigenvalue weighted by Gasteiger charge is 2.22. The Bertz CT molecular complexity index is 982. The number of esters is 1. The maximum atomic E-state index is 12.4. The Kier molecular flexibility index (Phi) is 6.55. The van der Waals surface area contributed by atoms with Gasteiger partial charge in [-0.2, -0.15) is 5.26 Å². The van der Waals surface area contributed by atoms with Gasteiger partial charge < -0.3 is 14.0 Å². The van der Waals surface area contributed by atoms with Gasteiger partial charge in [0.1, 0.15) is 17.4 Å². The molecule has 2 rings (SSSR count). The Morgan fingerprint density at radius 2 is 2.07 bits per heavy atom. The third kappa shape index (κ3) is 4.38. The third-order valence-electron chi connectivity index (χ3n) is 4.27. The molecule has 0 radical (unpaired) electrons. The average Bonchev–Trinajstić information content (AvgIpc) is 2.93. The van der Waals surface area contributed by atoms with E-state index in [-0.39, 0.29) is 17.1 Å². The van der Waals surface area contributed by atoms with E-state index in [1.807, 2.05) is 26.0 Å². The van der Waals surface area contributed by atoms with Crippen molar-refractivity contribution in [3.8, 4) is 17.6 Å². The Balaban J connectivity index is 2.35. The van der Waals surface area contributed by atoms with Crippen LogP contribution in [-0.4, -0.2) is 22.6 Å². The first-order valence-electron chi connectivity index (χ1n) is 8.65. The van der Waals surface area contributed by atoms with Crippen molar-refractivity contribution in [1.29, 1.82) is 5.26 Å². The number of hydrogen-bond donors (Lipinski definition) is 0. The summed E-state index contributed by atoms with van der Waals surface area (Å²) in [6.45, 7) is 6.75. The minimum absolute atomic E-state index is 0.248. The van der Waals surface area contributed by atoms with Crippen molar-refractivity contribution >= 4 is 17.7 Å². The summed E-state index contributed by atoms with van der Waals surface area (Å²) < 4.78 is 12.2. The number of carbonyl (C=O) groups excluding carboxylic acids is 1. The van der Waals surface area contributed by atoms with Crippen LogP contribution in [0.5, 0.6) is 11.5 Å².